The van der Waals surface area contributed by atoms with E-state index in [0.717, 1.165) is 32.6 Å². The van der Waals surface area contributed by atoms with Gasteiger partial charge in [0.2, 0.25) is 5.91 Å². The third-order valence-corrected chi connectivity index (χ3v) is 4.08. The SMILES string of the molecule is CC1(C(=O)NCCN2CCCCC2)CCNC1.Cl.Cl. The van der Waals surface area contributed by atoms with Gasteiger partial charge in [-0.3, -0.25) is 4.79 Å². The summed E-state index contributed by atoms with van der Waals surface area (Å²) < 4.78 is 0. The van der Waals surface area contributed by atoms with Crippen molar-refractivity contribution >= 4 is 30.7 Å². The first kappa shape index (κ1) is 19.0. The number of carbonyl (C=O) groups excluding carboxylic acids is 1. The second-order valence-corrected chi connectivity index (χ2v) is 5.65. The number of carbonyl (C=O) groups is 1. The number of nitrogens with zero attached hydrogens (tertiary/aromatic N) is 1. The second-order valence-electron chi connectivity index (χ2n) is 5.65. The van der Waals surface area contributed by atoms with Crippen LogP contribution in [0.1, 0.15) is 32.6 Å². The zero-order valence-electron chi connectivity index (χ0n) is 11.7. The fourth-order valence-corrected chi connectivity index (χ4v) is 2.73. The lowest BCUT2D eigenvalue weighted by atomic mass is 9.89. The van der Waals surface area contributed by atoms with Crippen molar-refractivity contribution in [2.24, 2.45) is 5.41 Å². The number of piperidine rings is 1. The van der Waals surface area contributed by atoms with Crippen LogP contribution in [0.5, 0.6) is 0 Å². The van der Waals surface area contributed by atoms with Crippen LogP contribution in [0.3, 0.4) is 0 Å². The third-order valence-electron chi connectivity index (χ3n) is 4.08. The molecule has 0 bridgehead atoms. The molecular formula is C13H27Cl2N3O. The van der Waals surface area contributed by atoms with Gasteiger partial charge in [-0.2, -0.15) is 0 Å². The topological polar surface area (TPSA) is 44.4 Å². The van der Waals surface area contributed by atoms with Crippen LogP contribution in [0.4, 0.5) is 0 Å². The molecule has 19 heavy (non-hydrogen) atoms. The van der Waals surface area contributed by atoms with Crippen molar-refractivity contribution in [2.75, 3.05) is 39.3 Å². The fourth-order valence-electron chi connectivity index (χ4n) is 2.73. The minimum Gasteiger partial charge on any atom is -0.354 e. The van der Waals surface area contributed by atoms with Crippen LogP contribution in [0.25, 0.3) is 0 Å². The van der Waals surface area contributed by atoms with Gasteiger partial charge < -0.3 is 15.5 Å². The lowest BCUT2D eigenvalue weighted by molar-refractivity contribution is -0.129. The zero-order chi connectivity index (χ0) is 12.1. The van der Waals surface area contributed by atoms with Crippen LogP contribution in [0.2, 0.25) is 0 Å². The lowest BCUT2D eigenvalue weighted by Gasteiger charge is -2.27. The molecule has 114 valence electrons. The quantitative estimate of drug-likeness (QED) is 0.825. The first-order chi connectivity index (χ1) is 8.21. The maximum Gasteiger partial charge on any atom is 0.227 e. The Morgan fingerprint density at radius 1 is 1.26 bits per heavy atom. The Kier molecular flexibility index (Phi) is 8.99. The Morgan fingerprint density at radius 2 is 1.95 bits per heavy atom. The van der Waals surface area contributed by atoms with E-state index < -0.39 is 0 Å². The smallest absolute Gasteiger partial charge is 0.227 e. The van der Waals surface area contributed by atoms with Crippen molar-refractivity contribution in [1.82, 2.24) is 15.5 Å². The number of hydrogen-bond acceptors (Lipinski definition) is 3. The number of likely N-dealkylation sites (tertiary alicyclic amines) is 1. The van der Waals surface area contributed by atoms with Crippen molar-refractivity contribution in [1.29, 1.82) is 0 Å². The summed E-state index contributed by atoms with van der Waals surface area (Å²) in [7, 11) is 0. The number of hydrogen-bond donors (Lipinski definition) is 2. The van der Waals surface area contributed by atoms with Crippen LogP contribution >= 0.6 is 24.8 Å². The molecule has 2 aliphatic heterocycles. The predicted octanol–water partition coefficient (Wildman–Crippen LogP) is 1.43. The Balaban J connectivity index is 0.00000162. The summed E-state index contributed by atoms with van der Waals surface area (Å²) in [6, 6.07) is 0. The highest BCUT2D eigenvalue weighted by Crippen LogP contribution is 2.24. The summed E-state index contributed by atoms with van der Waals surface area (Å²) in [5.41, 5.74) is -0.179. The largest absolute Gasteiger partial charge is 0.354 e. The monoisotopic (exact) mass is 311 g/mol. The molecule has 2 fully saturated rings. The number of halogens is 2. The van der Waals surface area contributed by atoms with Gasteiger partial charge in [-0.25, -0.2) is 0 Å². The van der Waals surface area contributed by atoms with E-state index in [9.17, 15) is 4.79 Å². The molecule has 0 aliphatic carbocycles. The fraction of sp³-hybridized carbons (Fsp3) is 0.923. The van der Waals surface area contributed by atoms with Crippen molar-refractivity contribution in [3.8, 4) is 0 Å². The Hall–Kier alpha value is -0.0300. The molecule has 2 heterocycles. The van der Waals surface area contributed by atoms with Crippen molar-refractivity contribution in [3.63, 3.8) is 0 Å². The number of rotatable bonds is 4. The zero-order valence-corrected chi connectivity index (χ0v) is 13.4. The van der Waals surface area contributed by atoms with E-state index in [1.54, 1.807) is 0 Å². The molecule has 0 saturated carbocycles. The molecule has 1 unspecified atom stereocenters. The summed E-state index contributed by atoms with van der Waals surface area (Å²) in [6.45, 7) is 8.06. The predicted molar refractivity (Wildman–Crippen MR) is 83.4 cm³/mol. The van der Waals surface area contributed by atoms with Crippen LogP contribution < -0.4 is 10.6 Å². The summed E-state index contributed by atoms with van der Waals surface area (Å²) in [5, 5.41) is 6.35. The highest BCUT2D eigenvalue weighted by molar-refractivity contribution is 5.85. The van der Waals surface area contributed by atoms with Gasteiger partial charge in [-0.1, -0.05) is 6.42 Å². The summed E-state index contributed by atoms with van der Waals surface area (Å²) in [5.74, 6) is 0.222. The van der Waals surface area contributed by atoms with Gasteiger partial charge in [0.05, 0.1) is 5.41 Å². The standard InChI is InChI=1S/C13H25N3O.2ClH/c1-13(5-6-14-11-13)12(17)15-7-10-16-8-3-2-4-9-16;;/h14H,2-11H2,1H3,(H,15,17);2*1H. The van der Waals surface area contributed by atoms with E-state index >= 15 is 0 Å². The summed E-state index contributed by atoms with van der Waals surface area (Å²) >= 11 is 0. The minimum absolute atomic E-state index is 0. The third kappa shape index (κ3) is 5.46. The average Bonchev–Trinajstić information content (AvgIpc) is 2.79. The first-order valence-corrected chi connectivity index (χ1v) is 6.92. The molecule has 2 aliphatic rings. The molecule has 2 N–H and O–H groups in total. The van der Waals surface area contributed by atoms with E-state index in [2.05, 4.69) is 22.5 Å². The van der Waals surface area contributed by atoms with E-state index in [1.165, 1.54) is 32.4 Å². The van der Waals surface area contributed by atoms with Gasteiger partial charge >= 0.3 is 0 Å². The van der Waals surface area contributed by atoms with Gasteiger partial charge in [0.1, 0.15) is 0 Å². The van der Waals surface area contributed by atoms with Gasteiger partial charge in [-0.05, 0) is 45.8 Å². The number of amides is 1. The molecule has 0 radical (unpaired) electrons. The highest BCUT2D eigenvalue weighted by Gasteiger charge is 2.35. The van der Waals surface area contributed by atoms with E-state index in [-0.39, 0.29) is 36.1 Å². The van der Waals surface area contributed by atoms with Crippen LogP contribution in [-0.2, 0) is 4.79 Å². The van der Waals surface area contributed by atoms with Crippen LogP contribution in [0, 0.1) is 5.41 Å². The number of nitrogens with one attached hydrogen (secondary N) is 2. The first-order valence-electron chi connectivity index (χ1n) is 6.92. The molecule has 0 spiro atoms. The molecule has 0 aromatic rings. The summed E-state index contributed by atoms with van der Waals surface area (Å²) in [6.07, 6.45) is 4.96. The molecular weight excluding hydrogens is 285 g/mol. The molecule has 6 heteroatoms. The van der Waals surface area contributed by atoms with E-state index in [1.807, 2.05) is 0 Å². The molecule has 2 rings (SSSR count). The normalized spacial score (nSPS) is 27.2. The van der Waals surface area contributed by atoms with E-state index in [0.29, 0.717) is 0 Å². The maximum atomic E-state index is 12.0. The van der Waals surface area contributed by atoms with E-state index in [4.69, 9.17) is 0 Å². The minimum atomic E-state index is -0.179. The average molecular weight is 312 g/mol. The van der Waals surface area contributed by atoms with Crippen molar-refractivity contribution in [2.45, 2.75) is 32.6 Å². The van der Waals surface area contributed by atoms with Crippen molar-refractivity contribution < 1.29 is 4.79 Å². The molecule has 2 saturated heterocycles. The Bertz CT molecular complexity index is 265. The highest BCUT2D eigenvalue weighted by atomic mass is 35.5. The second kappa shape index (κ2) is 9.01. The van der Waals surface area contributed by atoms with Gasteiger partial charge in [-0.15, -0.1) is 24.8 Å². The lowest BCUT2D eigenvalue weighted by Crippen LogP contribution is -2.44. The molecule has 1 amide bonds. The van der Waals surface area contributed by atoms with Crippen molar-refractivity contribution in [3.05, 3.63) is 0 Å². The molecule has 0 aromatic heterocycles. The Labute approximate surface area is 128 Å². The Morgan fingerprint density at radius 3 is 2.53 bits per heavy atom. The van der Waals surface area contributed by atoms with Crippen LogP contribution in [-0.4, -0.2) is 50.1 Å². The maximum absolute atomic E-state index is 12.0. The molecule has 1 atom stereocenters. The molecule has 0 aromatic carbocycles. The summed E-state index contributed by atoms with van der Waals surface area (Å²) in [4.78, 5) is 14.5. The molecule has 4 nitrogen and oxygen atoms in total. The van der Waals surface area contributed by atoms with Gasteiger partial charge in [0.25, 0.3) is 0 Å². The van der Waals surface area contributed by atoms with Gasteiger partial charge in [0.15, 0.2) is 0 Å². The van der Waals surface area contributed by atoms with Crippen LogP contribution in [0.15, 0.2) is 0 Å². The van der Waals surface area contributed by atoms with Gasteiger partial charge in [0, 0.05) is 19.6 Å².